The van der Waals surface area contributed by atoms with Crippen molar-refractivity contribution < 1.29 is 9.53 Å². The van der Waals surface area contributed by atoms with Crippen molar-refractivity contribution in [3.63, 3.8) is 0 Å². The van der Waals surface area contributed by atoms with E-state index in [4.69, 9.17) is 5.73 Å². The van der Waals surface area contributed by atoms with E-state index in [2.05, 4.69) is 20.7 Å². The van der Waals surface area contributed by atoms with Crippen molar-refractivity contribution in [3.05, 3.63) is 28.2 Å². The van der Waals surface area contributed by atoms with Crippen LogP contribution in [0.5, 0.6) is 0 Å². The first-order valence-corrected chi connectivity index (χ1v) is 5.03. The van der Waals surface area contributed by atoms with Crippen LogP contribution in [0.3, 0.4) is 0 Å². The number of rotatable bonds is 3. The number of carbonyl (C=O) groups is 1. The molecule has 2 N–H and O–H groups in total. The number of anilines is 1. The minimum Gasteiger partial charge on any atom is -0.469 e. The number of nitrogen functional groups attached to an aromatic ring is 1. The highest BCUT2D eigenvalue weighted by molar-refractivity contribution is 9.10. The zero-order valence-electron chi connectivity index (χ0n) is 8.33. The number of carbonyl (C=O) groups excluding carboxylic acids is 1. The lowest BCUT2D eigenvalue weighted by Gasteiger charge is -2.04. The molecule has 0 aromatic heterocycles. The lowest BCUT2D eigenvalue weighted by molar-refractivity contribution is -0.140. The summed E-state index contributed by atoms with van der Waals surface area (Å²) in [6, 6.07) is 5.64. The van der Waals surface area contributed by atoms with Crippen LogP contribution in [0.1, 0.15) is 12.0 Å². The Balaban J connectivity index is 0.00000196. The third-order valence-corrected chi connectivity index (χ3v) is 2.43. The Morgan fingerprint density at radius 2 is 2.20 bits per heavy atom. The standard InChI is InChI=1S/C10H12BrNO2.ClH/c1-14-10(13)5-3-7-2-4-8(11)6-9(7)12;/h2,4,6H,3,5,12H2,1H3;1H. The van der Waals surface area contributed by atoms with Crippen molar-refractivity contribution in [2.75, 3.05) is 12.8 Å². The zero-order chi connectivity index (χ0) is 10.6. The molecule has 0 aliphatic heterocycles. The van der Waals surface area contributed by atoms with Crippen LogP contribution in [-0.2, 0) is 16.0 Å². The topological polar surface area (TPSA) is 52.3 Å². The highest BCUT2D eigenvalue weighted by Crippen LogP contribution is 2.19. The number of aryl methyl sites for hydroxylation is 1. The Morgan fingerprint density at radius 3 is 2.73 bits per heavy atom. The highest BCUT2D eigenvalue weighted by atomic mass is 79.9. The third-order valence-electron chi connectivity index (χ3n) is 1.93. The van der Waals surface area contributed by atoms with E-state index in [0.29, 0.717) is 18.5 Å². The van der Waals surface area contributed by atoms with Gasteiger partial charge >= 0.3 is 5.97 Å². The number of nitrogens with two attached hydrogens (primary N) is 1. The van der Waals surface area contributed by atoms with Crippen LogP contribution in [0.25, 0.3) is 0 Å². The molecule has 0 heterocycles. The summed E-state index contributed by atoms with van der Waals surface area (Å²) in [6.45, 7) is 0. The molecule has 0 aliphatic carbocycles. The largest absolute Gasteiger partial charge is 0.469 e. The average molecular weight is 295 g/mol. The molecule has 0 bridgehead atoms. The monoisotopic (exact) mass is 293 g/mol. The number of ether oxygens (including phenoxy) is 1. The summed E-state index contributed by atoms with van der Waals surface area (Å²) in [5.41, 5.74) is 7.44. The van der Waals surface area contributed by atoms with Gasteiger partial charge in [0.1, 0.15) is 0 Å². The first kappa shape index (κ1) is 14.3. The summed E-state index contributed by atoms with van der Waals surface area (Å²) in [6.07, 6.45) is 0.980. The van der Waals surface area contributed by atoms with E-state index >= 15 is 0 Å². The van der Waals surface area contributed by atoms with Gasteiger partial charge in [-0.15, -0.1) is 12.4 Å². The summed E-state index contributed by atoms with van der Waals surface area (Å²) in [5, 5.41) is 0. The van der Waals surface area contributed by atoms with Gasteiger partial charge in [0.25, 0.3) is 0 Å². The lowest BCUT2D eigenvalue weighted by Crippen LogP contribution is -2.03. The van der Waals surface area contributed by atoms with Gasteiger partial charge in [-0.05, 0) is 24.1 Å². The fourth-order valence-electron chi connectivity index (χ4n) is 1.13. The van der Waals surface area contributed by atoms with Crippen molar-refractivity contribution in [1.29, 1.82) is 0 Å². The molecule has 0 saturated heterocycles. The molecule has 0 radical (unpaired) electrons. The van der Waals surface area contributed by atoms with Crippen molar-refractivity contribution in [1.82, 2.24) is 0 Å². The van der Waals surface area contributed by atoms with E-state index in [1.54, 1.807) is 0 Å². The van der Waals surface area contributed by atoms with Gasteiger partial charge in [-0.2, -0.15) is 0 Å². The van der Waals surface area contributed by atoms with Crippen LogP contribution in [-0.4, -0.2) is 13.1 Å². The number of halogens is 2. The van der Waals surface area contributed by atoms with Crippen molar-refractivity contribution in [2.24, 2.45) is 0 Å². The molecule has 15 heavy (non-hydrogen) atoms. The van der Waals surface area contributed by atoms with E-state index < -0.39 is 0 Å². The van der Waals surface area contributed by atoms with Gasteiger partial charge < -0.3 is 10.5 Å². The third kappa shape index (κ3) is 4.53. The van der Waals surface area contributed by atoms with Crippen molar-refractivity contribution >= 4 is 40.0 Å². The molecule has 84 valence electrons. The lowest BCUT2D eigenvalue weighted by atomic mass is 10.1. The van der Waals surface area contributed by atoms with Gasteiger partial charge in [-0.3, -0.25) is 4.79 Å². The number of hydrogen-bond acceptors (Lipinski definition) is 3. The molecule has 3 nitrogen and oxygen atoms in total. The molecule has 0 amide bonds. The summed E-state index contributed by atoms with van der Waals surface area (Å²) in [4.78, 5) is 10.9. The smallest absolute Gasteiger partial charge is 0.305 e. The van der Waals surface area contributed by atoms with E-state index in [0.717, 1.165) is 10.0 Å². The molecule has 0 spiro atoms. The molecule has 0 unspecified atom stereocenters. The maximum Gasteiger partial charge on any atom is 0.305 e. The Hall–Kier alpha value is -0.740. The fourth-order valence-corrected chi connectivity index (χ4v) is 1.51. The van der Waals surface area contributed by atoms with Crippen molar-refractivity contribution in [3.8, 4) is 0 Å². The maximum absolute atomic E-state index is 10.9. The normalized spacial score (nSPS) is 9.20. The molecular weight excluding hydrogens is 281 g/mol. The molecule has 5 heteroatoms. The predicted molar refractivity (Wildman–Crippen MR) is 66.1 cm³/mol. The molecule has 1 aromatic carbocycles. The van der Waals surface area contributed by atoms with Gasteiger partial charge in [-0.25, -0.2) is 0 Å². The summed E-state index contributed by atoms with van der Waals surface area (Å²) in [7, 11) is 1.38. The van der Waals surface area contributed by atoms with E-state index in [-0.39, 0.29) is 18.4 Å². The Kier molecular flexibility index (Phi) is 6.36. The van der Waals surface area contributed by atoms with Crippen LogP contribution < -0.4 is 5.73 Å². The van der Waals surface area contributed by atoms with Gasteiger partial charge in [0, 0.05) is 16.6 Å². The molecule has 0 aliphatic rings. The summed E-state index contributed by atoms with van der Waals surface area (Å²) >= 11 is 3.32. The molecule has 0 atom stereocenters. The van der Waals surface area contributed by atoms with E-state index in [9.17, 15) is 4.79 Å². The Morgan fingerprint density at radius 1 is 1.53 bits per heavy atom. The van der Waals surface area contributed by atoms with E-state index in [1.165, 1.54) is 7.11 Å². The number of benzene rings is 1. The van der Waals surface area contributed by atoms with E-state index in [1.807, 2.05) is 18.2 Å². The van der Waals surface area contributed by atoms with Crippen LogP contribution in [0.4, 0.5) is 5.69 Å². The summed E-state index contributed by atoms with van der Waals surface area (Å²) < 4.78 is 5.49. The van der Waals surface area contributed by atoms with Gasteiger partial charge in [0.15, 0.2) is 0 Å². The molecule has 0 saturated carbocycles. The molecule has 1 rings (SSSR count). The highest BCUT2D eigenvalue weighted by Gasteiger charge is 2.04. The second-order valence-electron chi connectivity index (χ2n) is 2.92. The minimum absolute atomic E-state index is 0. The van der Waals surface area contributed by atoms with Crippen molar-refractivity contribution in [2.45, 2.75) is 12.8 Å². The van der Waals surface area contributed by atoms with Gasteiger partial charge in [0.2, 0.25) is 0 Å². The first-order chi connectivity index (χ1) is 6.63. The first-order valence-electron chi connectivity index (χ1n) is 4.24. The number of methoxy groups -OCH3 is 1. The SMILES string of the molecule is COC(=O)CCc1ccc(Br)cc1N.Cl. The van der Waals surface area contributed by atoms with Gasteiger partial charge in [-0.1, -0.05) is 22.0 Å². The van der Waals surface area contributed by atoms with Crippen LogP contribution in [0.15, 0.2) is 22.7 Å². The maximum atomic E-state index is 10.9. The molecule has 1 aromatic rings. The predicted octanol–water partition coefficient (Wildman–Crippen LogP) is 2.56. The Labute approximate surface area is 104 Å². The molecular formula is C10H13BrClNO2. The summed E-state index contributed by atoms with van der Waals surface area (Å²) in [5.74, 6) is -0.215. The second-order valence-corrected chi connectivity index (χ2v) is 3.83. The quantitative estimate of drug-likeness (QED) is 0.688. The molecule has 0 fully saturated rings. The van der Waals surface area contributed by atoms with Gasteiger partial charge in [0.05, 0.1) is 7.11 Å². The fraction of sp³-hybridized carbons (Fsp3) is 0.300. The Bertz CT molecular complexity index is 344. The van der Waals surface area contributed by atoms with Crippen LogP contribution in [0.2, 0.25) is 0 Å². The average Bonchev–Trinajstić information content (AvgIpc) is 2.16. The van der Waals surface area contributed by atoms with Crippen LogP contribution >= 0.6 is 28.3 Å². The minimum atomic E-state index is -0.215. The zero-order valence-corrected chi connectivity index (χ0v) is 10.7. The van der Waals surface area contributed by atoms with Crippen LogP contribution in [0, 0.1) is 0 Å². The number of hydrogen-bond donors (Lipinski definition) is 1. The number of esters is 1. The second kappa shape index (κ2) is 6.69.